The Kier molecular flexibility index (Phi) is 6.29. The summed E-state index contributed by atoms with van der Waals surface area (Å²) in [7, 11) is -0.742. The highest BCUT2D eigenvalue weighted by atomic mass is 32.2. The molecule has 0 saturated carbocycles. The van der Waals surface area contributed by atoms with Gasteiger partial charge < -0.3 is 14.8 Å². The lowest BCUT2D eigenvalue weighted by atomic mass is 9.98. The highest BCUT2D eigenvalue weighted by Crippen LogP contribution is 2.32. The number of carbonyl (C=O) groups excluding carboxylic acids is 1. The number of piperidine rings is 1. The van der Waals surface area contributed by atoms with Crippen LogP contribution < -0.4 is 14.8 Å². The fourth-order valence-corrected chi connectivity index (χ4v) is 4.44. The van der Waals surface area contributed by atoms with Crippen LogP contribution in [0.2, 0.25) is 0 Å². The molecule has 0 radical (unpaired) electrons. The lowest BCUT2D eigenvalue weighted by molar-refractivity contribution is -0.126. The predicted octanol–water partition coefficient (Wildman–Crippen LogP) is 1.63. The van der Waals surface area contributed by atoms with Gasteiger partial charge in [0.15, 0.2) is 11.5 Å². The van der Waals surface area contributed by atoms with Gasteiger partial charge in [-0.3, -0.25) is 4.79 Å². The fraction of sp³-hybridized carbons (Fsp3) is 0.588. The van der Waals surface area contributed by atoms with Crippen molar-refractivity contribution >= 4 is 15.9 Å². The first-order chi connectivity index (χ1) is 11.8. The van der Waals surface area contributed by atoms with Gasteiger partial charge in [-0.15, -0.1) is 0 Å². The molecule has 7 nitrogen and oxygen atoms in total. The van der Waals surface area contributed by atoms with Crippen molar-refractivity contribution < 1.29 is 22.7 Å². The third-order valence-electron chi connectivity index (χ3n) is 4.18. The molecule has 0 aromatic heterocycles. The van der Waals surface area contributed by atoms with Crippen molar-refractivity contribution in [3.05, 3.63) is 18.2 Å². The Morgan fingerprint density at radius 1 is 1.24 bits per heavy atom. The Hall–Kier alpha value is -1.80. The summed E-state index contributed by atoms with van der Waals surface area (Å²) >= 11 is 0. The van der Waals surface area contributed by atoms with Gasteiger partial charge in [-0.2, -0.15) is 4.31 Å². The van der Waals surface area contributed by atoms with Crippen LogP contribution in [0.4, 0.5) is 0 Å². The van der Waals surface area contributed by atoms with Crippen molar-refractivity contribution in [2.24, 2.45) is 5.92 Å². The average molecular weight is 370 g/mol. The zero-order valence-corrected chi connectivity index (χ0v) is 15.9. The Balaban J connectivity index is 2.22. The maximum Gasteiger partial charge on any atom is 0.243 e. The second-order valence-corrected chi connectivity index (χ2v) is 8.32. The number of carbonyl (C=O) groups is 1. The summed E-state index contributed by atoms with van der Waals surface area (Å²) in [6.45, 7) is 4.37. The lowest BCUT2D eigenvalue weighted by Crippen LogP contribution is -2.46. The van der Waals surface area contributed by atoms with Gasteiger partial charge in [0, 0.05) is 25.2 Å². The molecule has 1 fully saturated rings. The molecule has 2 rings (SSSR count). The summed E-state index contributed by atoms with van der Waals surface area (Å²) in [4.78, 5) is 12.4. The van der Waals surface area contributed by atoms with Crippen LogP contribution in [0.1, 0.15) is 26.7 Å². The van der Waals surface area contributed by atoms with E-state index >= 15 is 0 Å². The molecule has 1 aliphatic heterocycles. The first kappa shape index (κ1) is 19.5. The molecule has 1 N–H and O–H groups in total. The molecular weight excluding hydrogens is 344 g/mol. The van der Waals surface area contributed by atoms with E-state index in [9.17, 15) is 13.2 Å². The molecule has 140 valence electrons. The van der Waals surface area contributed by atoms with E-state index in [0.29, 0.717) is 30.9 Å². The summed E-state index contributed by atoms with van der Waals surface area (Å²) in [5.74, 6) is 0.400. The molecular formula is C17H26N2O5S. The summed E-state index contributed by atoms with van der Waals surface area (Å²) in [5, 5.41) is 2.86. The van der Waals surface area contributed by atoms with Crippen molar-refractivity contribution in [3.8, 4) is 11.5 Å². The van der Waals surface area contributed by atoms with E-state index in [1.165, 1.54) is 30.7 Å². The molecule has 0 unspecified atom stereocenters. The van der Waals surface area contributed by atoms with Crippen LogP contribution in [0.3, 0.4) is 0 Å². The summed E-state index contributed by atoms with van der Waals surface area (Å²) in [6.07, 6.45) is 1.35. The Labute approximate surface area is 149 Å². The van der Waals surface area contributed by atoms with Gasteiger partial charge in [0.25, 0.3) is 0 Å². The average Bonchev–Trinajstić information content (AvgIpc) is 2.60. The highest BCUT2D eigenvalue weighted by molar-refractivity contribution is 7.89. The van der Waals surface area contributed by atoms with E-state index in [-0.39, 0.29) is 29.3 Å². The third-order valence-corrected chi connectivity index (χ3v) is 6.04. The molecule has 8 heteroatoms. The molecule has 1 aromatic carbocycles. The van der Waals surface area contributed by atoms with E-state index in [1.54, 1.807) is 6.07 Å². The minimum absolute atomic E-state index is 0.0327. The van der Waals surface area contributed by atoms with Crippen LogP contribution in [0.15, 0.2) is 23.1 Å². The standard InChI is InChI=1S/C17H26N2O5S/c1-12(2)18-17(20)13-6-5-9-19(11-13)25(21,22)14-7-8-15(23-3)16(10-14)24-4/h7-8,10,12-13H,5-6,9,11H2,1-4H3,(H,18,20)/t13-/m1/s1. The molecule has 0 spiro atoms. The van der Waals surface area contributed by atoms with E-state index in [2.05, 4.69) is 5.32 Å². The number of hydrogen-bond donors (Lipinski definition) is 1. The second-order valence-electron chi connectivity index (χ2n) is 6.38. The van der Waals surface area contributed by atoms with Gasteiger partial charge in [-0.1, -0.05) is 0 Å². The van der Waals surface area contributed by atoms with Gasteiger partial charge in [0.2, 0.25) is 15.9 Å². The van der Waals surface area contributed by atoms with Crippen LogP contribution >= 0.6 is 0 Å². The number of methoxy groups -OCH3 is 2. The Bertz CT molecular complexity index is 718. The van der Waals surface area contributed by atoms with Gasteiger partial charge in [-0.25, -0.2) is 8.42 Å². The molecule has 25 heavy (non-hydrogen) atoms. The maximum atomic E-state index is 12.9. The predicted molar refractivity (Wildman–Crippen MR) is 94.3 cm³/mol. The summed E-state index contributed by atoms with van der Waals surface area (Å²) in [5.41, 5.74) is 0. The van der Waals surface area contributed by atoms with Crippen LogP contribution in [0.25, 0.3) is 0 Å². The highest BCUT2D eigenvalue weighted by Gasteiger charge is 2.33. The van der Waals surface area contributed by atoms with Crippen molar-refractivity contribution in [3.63, 3.8) is 0 Å². The molecule has 1 aliphatic rings. The van der Waals surface area contributed by atoms with Gasteiger partial charge in [0.1, 0.15) is 0 Å². The van der Waals surface area contributed by atoms with Crippen molar-refractivity contribution in [1.29, 1.82) is 0 Å². The first-order valence-corrected chi connectivity index (χ1v) is 9.76. The van der Waals surface area contributed by atoms with Gasteiger partial charge >= 0.3 is 0 Å². The van der Waals surface area contributed by atoms with Crippen molar-refractivity contribution in [2.45, 2.75) is 37.6 Å². The van der Waals surface area contributed by atoms with E-state index in [4.69, 9.17) is 9.47 Å². The number of nitrogens with one attached hydrogen (secondary N) is 1. The lowest BCUT2D eigenvalue weighted by Gasteiger charge is -2.31. The van der Waals surface area contributed by atoms with Crippen LogP contribution in [0, 0.1) is 5.92 Å². The molecule has 0 aliphatic carbocycles. The van der Waals surface area contributed by atoms with Crippen LogP contribution in [-0.2, 0) is 14.8 Å². The molecule has 1 aromatic rings. The van der Waals surface area contributed by atoms with Crippen LogP contribution in [0.5, 0.6) is 11.5 Å². The SMILES string of the molecule is COc1ccc(S(=O)(=O)N2CCC[C@@H](C(=O)NC(C)C)C2)cc1OC. The fourth-order valence-electron chi connectivity index (χ4n) is 2.90. The van der Waals surface area contributed by atoms with E-state index in [1.807, 2.05) is 13.8 Å². The smallest absolute Gasteiger partial charge is 0.243 e. The maximum absolute atomic E-state index is 12.9. The largest absolute Gasteiger partial charge is 0.493 e. The van der Waals surface area contributed by atoms with Crippen molar-refractivity contribution in [2.75, 3.05) is 27.3 Å². The van der Waals surface area contributed by atoms with E-state index in [0.717, 1.165) is 0 Å². The molecule has 1 heterocycles. The number of ether oxygens (including phenoxy) is 2. The van der Waals surface area contributed by atoms with Gasteiger partial charge in [0.05, 0.1) is 25.0 Å². The first-order valence-electron chi connectivity index (χ1n) is 8.32. The van der Waals surface area contributed by atoms with Crippen LogP contribution in [-0.4, -0.2) is 52.0 Å². The molecule has 1 amide bonds. The molecule has 0 bridgehead atoms. The topological polar surface area (TPSA) is 84.9 Å². The third kappa shape index (κ3) is 4.43. The second kappa shape index (κ2) is 8.05. The number of rotatable bonds is 6. The normalized spacial score (nSPS) is 18.8. The minimum Gasteiger partial charge on any atom is -0.493 e. The number of nitrogens with zero attached hydrogens (tertiary/aromatic N) is 1. The minimum atomic E-state index is -3.70. The Morgan fingerprint density at radius 3 is 2.52 bits per heavy atom. The van der Waals surface area contributed by atoms with Crippen molar-refractivity contribution in [1.82, 2.24) is 9.62 Å². The number of sulfonamides is 1. The zero-order valence-electron chi connectivity index (χ0n) is 15.1. The number of amides is 1. The van der Waals surface area contributed by atoms with Gasteiger partial charge in [-0.05, 0) is 38.8 Å². The number of benzene rings is 1. The zero-order chi connectivity index (χ0) is 18.6. The van der Waals surface area contributed by atoms with E-state index < -0.39 is 10.0 Å². The summed E-state index contributed by atoms with van der Waals surface area (Å²) < 4.78 is 37.6. The molecule has 1 saturated heterocycles. The Morgan fingerprint density at radius 2 is 1.92 bits per heavy atom. The summed E-state index contributed by atoms with van der Waals surface area (Å²) in [6, 6.07) is 4.55. The monoisotopic (exact) mass is 370 g/mol. The quantitative estimate of drug-likeness (QED) is 0.823. The molecule has 1 atom stereocenters. The number of hydrogen-bond acceptors (Lipinski definition) is 5.